The molecule has 1 amide bonds. The van der Waals surface area contributed by atoms with E-state index < -0.39 is 17.4 Å². The van der Waals surface area contributed by atoms with E-state index in [1.807, 2.05) is 0 Å². The van der Waals surface area contributed by atoms with Gasteiger partial charge in [-0.1, -0.05) is 0 Å². The summed E-state index contributed by atoms with van der Waals surface area (Å²) in [6.45, 7) is 3.36. The number of aryl methyl sites for hydroxylation is 1. The van der Waals surface area contributed by atoms with Crippen molar-refractivity contribution in [1.82, 2.24) is 19.6 Å². The van der Waals surface area contributed by atoms with E-state index in [4.69, 9.17) is 5.11 Å². The normalized spacial score (nSPS) is 11.4. The van der Waals surface area contributed by atoms with E-state index in [2.05, 4.69) is 31.4 Å². The summed E-state index contributed by atoms with van der Waals surface area (Å²) in [6, 6.07) is 0. The molecule has 2 aromatic heterocycles. The lowest BCUT2D eigenvalue weighted by Crippen LogP contribution is -2.40. The molecule has 2 heterocycles. The predicted molar refractivity (Wildman–Crippen MR) is 78.0 cm³/mol. The third-order valence-corrected chi connectivity index (χ3v) is 3.48. The van der Waals surface area contributed by atoms with E-state index in [1.165, 1.54) is 22.6 Å². The summed E-state index contributed by atoms with van der Waals surface area (Å²) in [7, 11) is 1.49. The molecule has 0 aliphatic heterocycles. The number of hydrogen-bond acceptors (Lipinski definition) is 4. The Morgan fingerprint density at radius 3 is 2.52 bits per heavy atom. The number of nitrogens with one attached hydrogen (secondary N) is 1. The maximum absolute atomic E-state index is 12.4. The van der Waals surface area contributed by atoms with E-state index in [1.54, 1.807) is 26.2 Å². The third-order valence-electron chi connectivity index (χ3n) is 3.07. The smallest absolute Gasteiger partial charge is 0.356 e. The van der Waals surface area contributed by atoms with Crippen molar-refractivity contribution in [2.24, 2.45) is 7.05 Å². The molecule has 0 aliphatic carbocycles. The second-order valence-corrected chi connectivity index (χ2v) is 5.87. The Balaban J connectivity index is 2.28. The summed E-state index contributed by atoms with van der Waals surface area (Å²) in [5.74, 6) is -1.56. The monoisotopic (exact) mass is 355 g/mol. The van der Waals surface area contributed by atoms with E-state index in [0.29, 0.717) is 0 Å². The molecular formula is C12H14BrN5O3. The Kier molecular flexibility index (Phi) is 3.86. The van der Waals surface area contributed by atoms with Gasteiger partial charge in [0.15, 0.2) is 5.69 Å². The highest BCUT2D eigenvalue weighted by atomic mass is 79.9. The number of amides is 1. The lowest BCUT2D eigenvalue weighted by molar-refractivity contribution is -0.123. The number of halogens is 1. The first-order chi connectivity index (χ1) is 9.73. The Labute approximate surface area is 128 Å². The predicted octanol–water partition coefficient (Wildman–Crippen LogP) is 1.45. The molecule has 0 saturated carbocycles. The number of aromatic carboxylic acids is 1. The van der Waals surface area contributed by atoms with Crippen molar-refractivity contribution in [3.05, 3.63) is 28.8 Å². The fourth-order valence-corrected chi connectivity index (χ4v) is 2.05. The van der Waals surface area contributed by atoms with E-state index >= 15 is 0 Å². The molecule has 8 nitrogen and oxygen atoms in total. The van der Waals surface area contributed by atoms with Crippen LogP contribution in [0, 0.1) is 0 Å². The van der Waals surface area contributed by atoms with Crippen LogP contribution in [0.4, 0.5) is 5.69 Å². The summed E-state index contributed by atoms with van der Waals surface area (Å²) < 4.78 is 3.43. The molecule has 0 aliphatic rings. The Morgan fingerprint density at radius 2 is 2.00 bits per heavy atom. The molecule has 2 aromatic rings. The molecule has 112 valence electrons. The minimum absolute atomic E-state index is 0.0826. The molecule has 9 heteroatoms. The van der Waals surface area contributed by atoms with Gasteiger partial charge in [-0.2, -0.15) is 10.2 Å². The first kappa shape index (κ1) is 15.2. The second kappa shape index (κ2) is 5.32. The second-order valence-electron chi connectivity index (χ2n) is 4.95. The first-order valence-corrected chi connectivity index (χ1v) is 6.80. The average Bonchev–Trinajstić information content (AvgIpc) is 2.96. The Morgan fingerprint density at radius 1 is 1.33 bits per heavy atom. The van der Waals surface area contributed by atoms with Crippen molar-refractivity contribution in [2.45, 2.75) is 19.4 Å². The third kappa shape index (κ3) is 2.82. The van der Waals surface area contributed by atoms with Gasteiger partial charge < -0.3 is 10.4 Å². The highest BCUT2D eigenvalue weighted by Gasteiger charge is 2.32. The van der Waals surface area contributed by atoms with E-state index in [9.17, 15) is 9.59 Å². The largest absolute Gasteiger partial charge is 0.476 e. The highest BCUT2D eigenvalue weighted by Crippen LogP contribution is 2.21. The molecule has 0 unspecified atom stereocenters. The number of rotatable bonds is 4. The van der Waals surface area contributed by atoms with Gasteiger partial charge in [-0.15, -0.1) is 0 Å². The van der Waals surface area contributed by atoms with Crippen molar-refractivity contribution in [1.29, 1.82) is 0 Å². The van der Waals surface area contributed by atoms with Gasteiger partial charge in [0.1, 0.15) is 5.54 Å². The van der Waals surface area contributed by atoms with Crippen LogP contribution in [0.1, 0.15) is 24.3 Å². The number of nitrogens with zero attached hydrogens (tertiary/aromatic N) is 4. The average molecular weight is 356 g/mol. The topological polar surface area (TPSA) is 102 Å². The maximum atomic E-state index is 12.4. The molecule has 0 fully saturated rings. The molecule has 21 heavy (non-hydrogen) atoms. The maximum Gasteiger partial charge on any atom is 0.356 e. The van der Waals surface area contributed by atoms with Crippen LogP contribution in [0.15, 0.2) is 23.1 Å². The SMILES string of the molecule is Cn1ncc(NC(=O)C(C)(C)n2cc(Br)cn2)c1C(=O)O. The molecule has 2 N–H and O–H groups in total. The van der Waals surface area contributed by atoms with Gasteiger partial charge in [-0.25, -0.2) is 4.79 Å². The summed E-state index contributed by atoms with van der Waals surface area (Å²) in [6.07, 6.45) is 4.54. The first-order valence-electron chi connectivity index (χ1n) is 6.01. The van der Waals surface area contributed by atoms with Crippen LogP contribution >= 0.6 is 15.9 Å². The van der Waals surface area contributed by atoms with Crippen molar-refractivity contribution < 1.29 is 14.7 Å². The lowest BCUT2D eigenvalue weighted by Gasteiger charge is -2.24. The zero-order chi connectivity index (χ0) is 15.8. The summed E-state index contributed by atoms with van der Waals surface area (Å²) in [5.41, 5.74) is -0.924. The van der Waals surface area contributed by atoms with Gasteiger partial charge in [0.2, 0.25) is 0 Å². The van der Waals surface area contributed by atoms with Gasteiger partial charge in [0.05, 0.1) is 22.6 Å². The fourth-order valence-electron chi connectivity index (χ4n) is 1.77. The van der Waals surface area contributed by atoms with Crippen molar-refractivity contribution in [3.63, 3.8) is 0 Å². The minimum atomic E-state index is -1.16. The van der Waals surface area contributed by atoms with Gasteiger partial charge in [-0.05, 0) is 29.8 Å². The summed E-state index contributed by atoms with van der Waals surface area (Å²) in [4.78, 5) is 23.6. The molecule has 0 saturated heterocycles. The standard InChI is InChI=1S/C12H14BrN5O3/c1-12(2,18-6-7(13)4-15-18)11(21)16-8-5-14-17(3)9(8)10(19)20/h4-6H,1-3H3,(H,16,21)(H,19,20). The quantitative estimate of drug-likeness (QED) is 0.863. The van der Waals surface area contributed by atoms with Gasteiger partial charge in [0.25, 0.3) is 5.91 Å². The van der Waals surface area contributed by atoms with Crippen molar-refractivity contribution >= 4 is 33.5 Å². The molecule has 0 atom stereocenters. The minimum Gasteiger partial charge on any atom is -0.476 e. The number of anilines is 1. The molecule has 0 bridgehead atoms. The van der Waals surface area contributed by atoms with Crippen LogP contribution < -0.4 is 5.32 Å². The number of aromatic nitrogens is 4. The lowest BCUT2D eigenvalue weighted by atomic mass is 10.0. The molecule has 2 rings (SSSR count). The van der Waals surface area contributed by atoms with Crippen LogP contribution in [0.5, 0.6) is 0 Å². The highest BCUT2D eigenvalue weighted by molar-refractivity contribution is 9.10. The van der Waals surface area contributed by atoms with E-state index in [-0.39, 0.29) is 11.4 Å². The van der Waals surface area contributed by atoms with Gasteiger partial charge in [-0.3, -0.25) is 14.2 Å². The van der Waals surface area contributed by atoms with Crippen LogP contribution in [0.2, 0.25) is 0 Å². The van der Waals surface area contributed by atoms with Crippen molar-refractivity contribution in [2.75, 3.05) is 5.32 Å². The molecular weight excluding hydrogens is 342 g/mol. The molecule has 0 spiro atoms. The van der Waals surface area contributed by atoms with Crippen LogP contribution in [-0.4, -0.2) is 36.5 Å². The Hall–Kier alpha value is -2.16. The van der Waals surface area contributed by atoms with Crippen molar-refractivity contribution in [3.8, 4) is 0 Å². The molecule has 0 radical (unpaired) electrons. The van der Waals surface area contributed by atoms with Crippen LogP contribution in [-0.2, 0) is 17.4 Å². The summed E-state index contributed by atoms with van der Waals surface area (Å²) >= 11 is 3.27. The number of carboxylic acid groups (broad SMARTS) is 1. The number of hydrogen-bond donors (Lipinski definition) is 2. The van der Waals surface area contributed by atoms with Crippen LogP contribution in [0.3, 0.4) is 0 Å². The van der Waals surface area contributed by atoms with Gasteiger partial charge in [0, 0.05) is 13.2 Å². The number of carboxylic acids is 1. The molecule has 0 aromatic carbocycles. The Bertz CT molecular complexity index is 704. The summed E-state index contributed by atoms with van der Waals surface area (Å²) in [5, 5.41) is 19.6. The van der Waals surface area contributed by atoms with E-state index in [0.717, 1.165) is 4.47 Å². The number of carbonyl (C=O) groups excluding carboxylic acids is 1. The number of carbonyl (C=O) groups is 2. The van der Waals surface area contributed by atoms with Gasteiger partial charge >= 0.3 is 5.97 Å². The zero-order valence-corrected chi connectivity index (χ0v) is 13.2. The zero-order valence-electron chi connectivity index (χ0n) is 11.7. The van der Waals surface area contributed by atoms with Crippen LogP contribution in [0.25, 0.3) is 0 Å². The fraction of sp³-hybridized carbons (Fsp3) is 0.333.